The topological polar surface area (TPSA) is 63.1 Å². The highest BCUT2D eigenvalue weighted by Gasteiger charge is 2.24. The molecule has 26 heavy (non-hydrogen) atoms. The van der Waals surface area contributed by atoms with Crippen molar-refractivity contribution in [1.82, 2.24) is 0 Å². The average Bonchev–Trinajstić information content (AvgIpc) is 2.63. The Balaban J connectivity index is 1.93. The molecule has 1 aliphatic heterocycles. The molecule has 0 aromatic heterocycles. The highest BCUT2D eigenvalue weighted by Crippen LogP contribution is 2.31. The van der Waals surface area contributed by atoms with E-state index in [1.165, 1.54) is 12.0 Å². The molecular formula is C19H26N3O3S+. The summed E-state index contributed by atoms with van der Waals surface area (Å²) in [6.45, 7) is 5.73. The minimum Gasteiger partial charge on any atom is -0.495 e. The first-order valence-corrected chi connectivity index (χ1v) is 10.2. The number of hydrogen-bond donors (Lipinski definition) is 2. The van der Waals surface area contributed by atoms with Crippen molar-refractivity contribution in [3.05, 3.63) is 48.0 Å². The van der Waals surface area contributed by atoms with Gasteiger partial charge in [0.1, 0.15) is 10.6 Å². The van der Waals surface area contributed by atoms with Crippen LogP contribution in [0.3, 0.4) is 0 Å². The van der Waals surface area contributed by atoms with E-state index in [1.54, 1.807) is 18.2 Å². The van der Waals surface area contributed by atoms with E-state index >= 15 is 0 Å². The summed E-state index contributed by atoms with van der Waals surface area (Å²) in [5, 5.41) is 0. The number of anilines is 2. The molecule has 1 fully saturated rings. The van der Waals surface area contributed by atoms with Crippen molar-refractivity contribution in [2.75, 3.05) is 50.0 Å². The molecule has 7 heteroatoms. The van der Waals surface area contributed by atoms with Gasteiger partial charge >= 0.3 is 0 Å². The van der Waals surface area contributed by atoms with Crippen LogP contribution >= 0.6 is 0 Å². The lowest BCUT2D eigenvalue weighted by Gasteiger charge is -2.33. The van der Waals surface area contributed by atoms with Crippen LogP contribution in [0.2, 0.25) is 0 Å². The average molecular weight is 377 g/mol. The van der Waals surface area contributed by atoms with Crippen LogP contribution in [0.4, 0.5) is 11.4 Å². The summed E-state index contributed by atoms with van der Waals surface area (Å²) in [6.07, 6.45) is 0. The summed E-state index contributed by atoms with van der Waals surface area (Å²) in [6, 6.07) is 12.7. The van der Waals surface area contributed by atoms with Crippen molar-refractivity contribution < 1.29 is 18.1 Å². The Morgan fingerprint density at radius 2 is 1.81 bits per heavy atom. The lowest BCUT2D eigenvalue weighted by atomic mass is 10.2. The molecule has 2 N–H and O–H groups in total. The molecule has 0 atom stereocenters. The normalized spacial score (nSPS) is 15.7. The molecule has 0 unspecified atom stereocenters. The fourth-order valence-electron chi connectivity index (χ4n) is 3.16. The lowest BCUT2D eigenvalue weighted by Crippen LogP contribution is -3.12. The van der Waals surface area contributed by atoms with Gasteiger partial charge in [-0.2, -0.15) is 0 Å². The number of ether oxygens (including phenoxy) is 1. The first kappa shape index (κ1) is 18.5. The summed E-state index contributed by atoms with van der Waals surface area (Å²) in [5.41, 5.74) is 2.37. The number of benzene rings is 2. The Hall–Kier alpha value is -2.25. The number of rotatable bonds is 5. The fraction of sp³-hybridized carbons (Fsp3) is 0.368. The van der Waals surface area contributed by atoms with Crippen molar-refractivity contribution in [1.29, 1.82) is 0 Å². The van der Waals surface area contributed by atoms with Crippen molar-refractivity contribution in [2.24, 2.45) is 0 Å². The molecule has 2 aromatic carbocycles. The smallest absolute Gasteiger partial charge is 0.265 e. The van der Waals surface area contributed by atoms with Gasteiger partial charge < -0.3 is 14.5 Å². The number of nitrogens with zero attached hydrogens (tertiary/aromatic N) is 1. The minimum absolute atomic E-state index is 0.151. The zero-order valence-electron chi connectivity index (χ0n) is 15.5. The van der Waals surface area contributed by atoms with E-state index in [-0.39, 0.29) is 4.90 Å². The van der Waals surface area contributed by atoms with Gasteiger partial charge in [0.05, 0.1) is 51.7 Å². The van der Waals surface area contributed by atoms with Crippen LogP contribution in [0.5, 0.6) is 5.75 Å². The summed E-state index contributed by atoms with van der Waals surface area (Å²) in [5.74, 6) is 0.337. The quantitative estimate of drug-likeness (QED) is 0.822. The van der Waals surface area contributed by atoms with Gasteiger partial charge in [0.15, 0.2) is 0 Å². The third kappa shape index (κ3) is 3.94. The van der Waals surface area contributed by atoms with E-state index in [4.69, 9.17) is 4.74 Å². The van der Waals surface area contributed by atoms with Crippen molar-refractivity contribution in [3.63, 3.8) is 0 Å². The lowest BCUT2D eigenvalue weighted by molar-refractivity contribution is -0.880. The summed E-state index contributed by atoms with van der Waals surface area (Å²) in [7, 11) is -0.104. The zero-order chi connectivity index (χ0) is 18.7. The second-order valence-electron chi connectivity index (χ2n) is 6.72. The predicted octanol–water partition coefficient (Wildman–Crippen LogP) is 1.14. The molecule has 0 amide bonds. The summed E-state index contributed by atoms with van der Waals surface area (Å²) in [4.78, 5) is 3.87. The highest BCUT2D eigenvalue weighted by molar-refractivity contribution is 7.92. The predicted molar refractivity (Wildman–Crippen MR) is 104 cm³/mol. The zero-order valence-corrected chi connectivity index (χ0v) is 16.3. The Morgan fingerprint density at radius 1 is 1.12 bits per heavy atom. The number of nitrogens with one attached hydrogen (secondary N) is 2. The van der Waals surface area contributed by atoms with E-state index in [0.29, 0.717) is 11.4 Å². The maximum atomic E-state index is 13.0. The third-order valence-electron chi connectivity index (χ3n) is 4.71. The molecular weight excluding hydrogens is 350 g/mol. The number of para-hydroxylation sites is 2. The van der Waals surface area contributed by atoms with E-state index in [2.05, 4.69) is 16.7 Å². The monoisotopic (exact) mass is 376 g/mol. The van der Waals surface area contributed by atoms with E-state index in [1.807, 2.05) is 31.2 Å². The molecule has 2 aromatic rings. The van der Waals surface area contributed by atoms with Crippen LogP contribution in [0, 0.1) is 6.92 Å². The Labute approximate surface area is 155 Å². The van der Waals surface area contributed by atoms with Gasteiger partial charge in [-0.3, -0.25) is 4.72 Å². The molecule has 0 saturated carbocycles. The molecule has 0 aliphatic carbocycles. The van der Waals surface area contributed by atoms with Crippen LogP contribution in [-0.2, 0) is 10.0 Å². The molecule has 1 heterocycles. The van der Waals surface area contributed by atoms with Crippen LogP contribution < -0.4 is 19.3 Å². The molecule has 140 valence electrons. The number of quaternary nitrogens is 1. The minimum atomic E-state index is -3.76. The third-order valence-corrected chi connectivity index (χ3v) is 6.10. The van der Waals surface area contributed by atoms with Crippen LogP contribution in [0.15, 0.2) is 47.4 Å². The van der Waals surface area contributed by atoms with Crippen molar-refractivity contribution in [3.8, 4) is 5.75 Å². The molecule has 1 aliphatic rings. The number of piperazine rings is 1. The molecule has 0 radical (unpaired) electrons. The van der Waals surface area contributed by atoms with Crippen molar-refractivity contribution >= 4 is 21.4 Å². The van der Waals surface area contributed by atoms with Gasteiger partial charge in [0.2, 0.25) is 0 Å². The Kier molecular flexibility index (Phi) is 5.38. The fourth-order valence-corrected chi connectivity index (χ4v) is 4.49. The molecule has 6 nitrogen and oxygen atoms in total. The van der Waals surface area contributed by atoms with Gasteiger partial charge in [-0.25, -0.2) is 8.42 Å². The Bertz CT molecular complexity index is 875. The molecule has 3 rings (SSSR count). The van der Waals surface area contributed by atoms with Gasteiger partial charge in [0, 0.05) is 0 Å². The van der Waals surface area contributed by atoms with E-state index in [9.17, 15) is 8.42 Å². The Morgan fingerprint density at radius 3 is 2.50 bits per heavy atom. The maximum Gasteiger partial charge on any atom is 0.265 e. The van der Waals surface area contributed by atoms with Gasteiger partial charge in [0.25, 0.3) is 10.0 Å². The van der Waals surface area contributed by atoms with Gasteiger partial charge in [-0.1, -0.05) is 18.2 Å². The number of hydrogen-bond acceptors (Lipinski definition) is 4. The molecule has 0 spiro atoms. The van der Waals surface area contributed by atoms with E-state index in [0.717, 1.165) is 37.4 Å². The van der Waals surface area contributed by atoms with Crippen LogP contribution in [0.25, 0.3) is 0 Å². The summed E-state index contributed by atoms with van der Waals surface area (Å²) < 4.78 is 34.0. The second kappa shape index (κ2) is 7.55. The standard InChI is InChI=1S/C19H25N3O3S/c1-15-8-9-18(25-3)19(14-15)26(23,24)20-16-6-4-5-7-17(16)22-12-10-21(2)11-13-22/h4-9,14,20H,10-13H2,1-3H3/p+1. The number of sulfonamides is 1. The number of aryl methyl sites for hydroxylation is 1. The molecule has 0 bridgehead atoms. The first-order chi connectivity index (χ1) is 12.4. The number of likely N-dealkylation sites (N-methyl/N-ethyl adjacent to an activating group) is 1. The largest absolute Gasteiger partial charge is 0.495 e. The van der Waals surface area contributed by atoms with E-state index < -0.39 is 10.0 Å². The van der Waals surface area contributed by atoms with Gasteiger partial charge in [-0.15, -0.1) is 0 Å². The molecule has 1 saturated heterocycles. The SMILES string of the molecule is COc1ccc(C)cc1S(=O)(=O)Nc1ccccc1N1CC[NH+](C)CC1. The number of methoxy groups -OCH3 is 1. The van der Waals surface area contributed by atoms with Crippen LogP contribution in [0.1, 0.15) is 5.56 Å². The van der Waals surface area contributed by atoms with Crippen molar-refractivity contribution in [2.45, 2.75) is 11.8 Å². The van der Waals surface area contributed by atoms with Gasteiger partial charge in [-0.05, 0) is 36.8 Å². The maximum absolute atomic E-state index is 13.0. The second-order valence-corrected chi connectivity index (χ2v) is 8.37. The van der Waals surface area contributed by atoms with Crippen LogP contribution in [-0.4, -0.2) is 48.8 Å². The highest BCUT2D eigenvalue weighted by atomic mass is 32.2. The summed E-state index contributed by atoms with van der Waals surface area (Å²) >= 11 is 0. The first-order valence-electron chi connectivity index (χ1n) is 8.73.